The summed E-state index contributed by atoms with van der Waals surface area (Å²) >= 11 is 0. The molecule has 5 atom stereocenters. The van der Waals surface area contributed by atoms with Gasteiger partial charge in [-0.3, -0.25) is 4.79 Å². The molecule has 230 valence electrons. The van der Waals surface area contributed by atoms with Crippen LogP contribution in [0, 0.1) is 29.5 Å². The number of benzene rings is 2. The number of hydrogen-bond acceptors (Lipinski definition) is 6. The van der Waals surface area contributed by atoms with Crippen molar-refractivity contribution in [2.45, 2.75) is 78.5 Å². The number of amides is 1. The Balaban J connectivity index is 2.03. The van der Waals surface area contributed by atoms with Gasteiger partial charge in [-0.2, -0.15) is 0 Å². The fourth-order valence-corrected chi connectivity index (χ4v) is 4.99. The fraction of sp³-hybridized carbons (Fsp3) is 0.606. The average molecular weight is 575 g/mol. The molecule has 0 aliphatic rings. The second-order valence-electron chi connectivity index (χ2n) is 11.4. The number of ether oxygens (including phenoxy) is 3. The highest BCUT2D eigenvalue weighted by molar-refractivity contribution is 5.79. The van der Waals surface area contributed by atoms with E-state index in [0.717, 1.165) is 30.4 Å². The summed E-state index contributed by atoms with van der Waals surface area (Å²) in [7, 11) is 3.30. The smallest absolute Gasteiger partial charge is 0.223 e. The quantitative estimate of drug-likeness (QED) is 0.191. The molecule has 7 nitrogen and oxygen atoms in total. The van der Waals surface area contributed by atoms with Crippen molar-refractivity contribution in [3.8, 4) is 11.5 Å². The van der Waals surface area contributed by atoms with Crippen LogP contribution in [-0.2, 0) is 22.5 Å². The maximum atomic E-state index is 13.2. The van der Waals surface area contributed by atoms with Gasteiger partial charge in [0.1, 0.15) is 5.82 Å². The van der Waals surface area contributed by atoms with Crippen molar-refractivity contribution < 1.29 is 28.5 Å². The molecule has 0 fully saturated rings. The number of carbonyl (C=O) groups is 1. The SMILES string of the molecule is CCC(C)[C@H](C[C@H](O)[C@@H](N)C[C@H](Cc1ccc(OC)c(OCCCOC)c1)C(C)C)C(=O)NCc1ccc(F)cc1. The lowest BCUT2D eigenvalue weighted by Gasteiger charge is -2.30. The van der Waals surface area contributed by atoms with Crippen molar-refractivity contribution in [3.63, 3.8) is 0 Å². The van der Waals surface area contributed by atoms with Crippen LogP contribution in [0.3, 0.4) is 0 Å². The number of carbonyl (C=O) groups excluding carboxylic acids is 1. The molecule has 0 saturated heterocycles. The summed E-state index contributed by atoms with van der Waals surface area (Å²) in [6.45, 7) is 9.87. The van der Waals surface area contributed by atoms with Crippen LogP contribution >= 0.6 is 0 Å². The molecule has 0 saturated carbocycles. The molecular weight excluding hydrogens is 523 g/mol. The topological polar surface area (TPSA) is 103 Å². The normalized spacial score (nSPS) is 15.2. The third-order valence-electron chi connectivity index (χ3n) is 8.03. The number of methoxy groups -OCH3 is 2. The van der Waals surface area contributed by atoms with Crippen molar-refractivity contribution in [1.29, 1.82) is 0 Å². The molecule has 2 aromatic rings. The molecule has 0 spiro atoms. The number of halogens is 1. The van der Waals surface area contributed by atoms with Crippen molar-refractivity contribution >= 4 is 5.91 Å². The van der Waals surface area contributed by atoms with E-state index in [0.29, 0.717) is 43.6 Å². The molecule has 41 heavy (non-hydrogen) atoms. The molecule has 0 radical (unpaired) electrons. The number of rotatable bonds is 19. The molecule has 0 bridgehead atoms. The van der Waals surface area contributed by atoms with E-state index in [1.54, 1.807) is 26.4 Å². The second-order valence-corrected chi connectivity index (χ2v) is 11.4. The summed E-state index contributed by atoms with van der Waals surface area (Å²) in [5.74, 6) is 1.23. The Bertz CT molecular complexity index is 1030. The van der Waals surface area contributed by atoms with Gasteiger partial charge in [-0.15, -0.1) is 0 Å². The van der Waals surface area contributed by atoms with E-state index >= 15 is 0 Å². The van der Waals surface area contributed by atoms with Gasteiger partial charge in [0.2, 0.25) is 5.91 Å². The molecule has 4 N–H and O–H groups in total. The maximum Gasteiger partial charge on any atom is 0.223 e. The van der Waals surface area contributed by atoms with E-state index < -0.39 is 12.1 Å². The van der Waals surface area contributed by atoms with Crippen LogP contribution in [0.2, 0.25) is 0 Å². The van der Waals surface area contributed by atoms with Gasteiger partial charge in [0, 0.05) is 38.6 Å². The van der Waals surface area contributed by atoms with Crippen LogP contribution in [-0.4, -0.2) is 50.6 Å². The molecule has 1 amide bonds. The van der Waals surface area contributed by atoms with Crippen LogP contribution in [0.5, 0.6) is 11.5 Å². The monoisotopic (exact) mass is 574 g/mol. The lowest BCUT2D eigenvalue weighted by Crippen LogP contribution is -2.43. The molecule has 2 aromatic carbocycles. The van der Waals surface area contributed by atoms with E-state index in [1.807, 2.05) is 32.0 Å². The van der Waals surface area contributed by atoms with Gasteiger partial charge in [0.05, 0.1) is 19.8 Å². The van der Waals surface area contributed by atoms with Crippen LogP contribution < -0.4 is 20.5 Å². The molecule has 0 aliphatic heterocycles. The lowest BCUT2D eigenvalue weighted by atomic mass is 9.80. The minimum absolute atomic E-state index is 0.0765. The van der Waals surface area contributed by atoms with Crippen molar-refractivity contribution in [2.75, 3.05) is 27.4 Å². The molecular formula is C33H51FN2O5. The van der Waals surface area contributed by atoms with Gasteiger partial charge in [-0.25, -0.2) is 4.39 Å². The number of aliphatic hydroxyl groups excluding tert-OH is 1. The van der Waals surface area contributed by atoms with Crippen molar-refractivity contribution in [3.05, 3.63) is 59.4 Å². The third kappa shape index (κ3) is 11.6. The van der Waals surface area contributed by atoms with Crippen LogP contribution in [0.15, 0.2) is 42.5 Å². The lowest BCUT2D eigenvalue weighted by molar-refractivity contribution is -0.128. The third-order valence-corrected chi connectivity index (χ3v) is 8.03. The summed E-state index contributed by atoms with van der Waals surface area (Å²) < 4.78 is 29.8. The molecule has 8 heteroatoms. The highest BCUT2D eigenvalue weighted by Gasteiger charge is 2.30. The van der Waals surface area contributed by atoms with Gasteiger partial charge in [0.15, 0.2) is 11.5 Å². The Morgan fingerprint density at radius 2 is 1.68 bits per heavy atom. The van der Waals surface area contributed by atoms with Gasteiger partial charge in [0.25, 0.3) is 0 Å². The second kappa shape index (κ2) is 18.0. The predicted molar refractivity (Wildman–Crippen MR) is 161 cm³/mol. The van der Waals surface area contributed by atoms with Gasteiger partial charge < -0.3 is 30.4 Å². The van der Waals surface area contributed by atoms with Crippen molar-refractivity contribution in [2.24, 2.45) is 29.4 Å². The zero-order valence-electron chi connectivity index (χ0n) is 25.7. The molecule has 0 aliphatic carbocycles. The standard InChI is InChI=1S/C33H51FN2O5/c1-7-23(4)28(33(38)36-21-24-9-12-27(34)13-10-24)20-30(37)29(35)19-26(22(2)3)17-25-11-14-31(40-6)32(18-25)41-16-8-15-39-5/h9-14,18,22-23,26,28-30,37H,7-8,15-17,19-21,35H2,1-6H3,(H,36,38)/t23?,26-,28-,29-,30-/m0/s1. The Morgan fingerprint density at radius 1 is 1.00 bits per heavy atom. The first-order valence-electron chi connectivity index (χ1n) is 14.8. The predicted octanol–water partition coefficient (Wildman–Crippen LogP) is 5.51. The fourth-order valence-electron chi connectivity index (χ4n) is 4.99. The van der Waals surface area contributed by atoms with Gasteiger partial charge >= 0.3 is 0 Å². The first kappa shape index (κ1) is 34.5. The van der Waals surface area contributed by atoms with E-state index in [-0.39, 0.29) is 35.9 Å². The summed E-state index contributed by atoms with van der Waals surface area (Å²) in [5.41, 5.74) is 8.51. The molecule has 1 unspecified atom stereocenters. The Labute approximate surface area is 246 Å². The molecule has 2 rings (SSSR count). The summed E-state index contributed by atoms with van der Waals surface area (Å²) in [4.78, 5) is 13.1. The summed E-state index contributed by atoms with van der Waals surface area (Å²) in [6, 6.07) is 11.6. The first-order valence-corrected chi connectivity index (χ1v) is 14.8. The van der Waals surface area contributed by atoms with E-state index in [4.69, 9.17) is 19.9 Å². The van der Waals surface area contributed by atoms with Crippen LogP contribution in [0.1, 0.15) is 64.5 Å². The Morgan fingerprint density at radius 3 is 2.29 bits per heavy atom. The minimum atomic E-state index is -0.817. The summed E-state index contributed by atoms with van der Waals surface area (Å²) in [6.07, 6.45) is 2.47. The number of aliphatic hydroxyl groups is 1. The largest absolute Gasteiger partial charge is 0.493 e. The van der Waals surface area contributed by atoms with Crippen LogP contribution in [0.4, 0.5) is 4.39 Å². The first-order chi connectivity index (χ1) is 19.6. The average Bonchev–Trinajstić information content (AvgIpc) is 2.96. The summed E-state index contributed by atoms with van der Waals surface area (Å²) in [5, 5.41) is 14.1. The molecule has 0 heterocycles. The van der Waals surface area contributed by atoms with Gasteiger partial charge in [-0.1, -0.05) is 52.3 Å². The van der Waals surface area contributed by atoms with Crippen LogP contribution in [0.25, 0.3) is 0 Å². The zero-order chi connectivity index (χ0) is 30.4. The highest BCUT2D eigenvalue weighted by atomic mass is 19.1. The zero-order valence-corrected chi connectivity index (χ0v) is 25.7. The van der Waals surface area contributed by atoms with Gasteiger partial charge in [-0.05, 0) is 72.4 Å². The Kier molecular flexibility index (Phi) is 15.1. The van der Waals surface area contributed by atoms with E-state index in [1.165, 1.54) is 12.1 Å². The minimum Gasteiger partial charge on any atom is -0.493 e. The number of hydrogen-bond donors (Lipinski definition) is 3. The molecule has 0 aromatic heterocycles. The maximum absolute atomic E-state index is 13.2. The number of nitrogens with two attached hydrogens (primary N) is 1. The number of nitrogens with one attached hydrogen (secondary N) is 1. The van der Waals surface area contributed by atoms with Crippen molar-refractivity contribution in [1.82, 2.24) is 5.32 Å². The van der Waals surface area contributed by atoms with E-state index in [2.05, 4.69) is 19.2 Å². The van der Waals surface area contributed by atoms with E-state index in [9.17, 15) is 14.3 Å². The highest BCUT2D eigenvalue weighted by Crippen LogP contribution is 2.32. The Hall–Kier alpha value is -2.68.